The molecule has 0 amide bonds. The summed E-state index contributed by atoms with van der Waals surface area (Å²) in [5.41, 5.74) is 3.09. The maximum Gasteiger partial charge on any atom is -0.0241 e. The normalized spacial score (nSPS) is 20.3. The van der Waals surface area contributed by atoms with E-state index in [4.69, 9.17) is 0 Å². The molecule has 0 fully saturated rings. The molecular formula is C13H18. The Morgan fingerprint density at radius 1 is 0.769 bits per heavy atom. The first-order valence-electron chi connectivity index (χ1n) is 4.68. The summed E-state index contributed by atoms with van der Waals surface area (Å²) in [5, 5.41) is 0. The lowest BCUT2D eigenvalue weighted by Crippen LogP contribution is -1.94. The van der Waals surface area contributed by atoms with E-state index in [1.165, 1.54) is 25.7 Å². The van der Waals surface area contributed by atoms with Gasteiger partial charge in [0, 0.05) is 0 Å². The maximum absolute atomic E-state index is 2.26. The van der Waals surface area contributed by atoms with Gasteiger partial charge in [-0.25, -0.2) is 0 Å². The topological polar surface area (TPSA) is 0 Å². The van der Waals surface area contributed by atoms with E-state index in [1.807, 2.05) is 0 Å². The fourth-order valence-corrected chi connectivity index (χ4v) is 1.74. The highest BCUT2D eigenvalue weighted by Gasteiger charge is 2.06. The van der Waals surface area contributed by atoms with Crippen LogP contribution in [0.1, 0.15) is 33.1 Å². The van der Waals surface area contributed by atoms with Crippen molar-refractivity contribution in [3.63, 3.8) is 0 Å². The Labute approximate surface area is 81.4 Å². The van der Waals surface area contributed by atoms with Gasteiger partial charge in [-0.1, -0.05) is 43.9 Å². The van der Waals surface area contributed by atoms with E-state index in [0.717, 1.165) is 0 Å². The molecule has 0 radical (unpaired) electrons. The first kappa shape index (κ1) is 10.0. The predicted octanol–water partition coefficient (Wildman–Crippen LogP) is 4.18. The lowest BCUT2D eigenvalue weighted by atomic mass is 9.92. The largest absolute Gasteiger partial charge is 0.0842 e. The van der Waals surface area contributed by atoms with Gasteiger partial charge in [0.05, 0.1) is 0 Å². The molecule has 0 spiro atoms. The van der Waals surface area contributed by atoms with E-state index in [0.29, 0.717) is 0 Å². The molecule has 0 heteroatoms. The van der Waals surface area contributed by atoms with Gasteiger partial charge in [-0.15, -0.1) is 0 Å². The fourth-order valence-electron chi connectivity index (χ4n) is 1.74. The van der Waals surface area contributed by atoms with E-state index in [-0.39, 0.29) is 7.43 Å². The molecule has 2 rings (SSSR count). The quantitative estimate of drug-likeness (QED) is 0.559. The van der Waals surface area contributed by atoms with E-state index >= 15 is 0 Å². The van der Waals surface area contributed by atoms with Gasteiger partial charge >= 0.3 is 0 Å². The molecule has 0 aliphatic heterocycles. The summed E-state index contributed by atoms with van der Waals surface area (Å²) in [5.74, 6) is 0. The molecule has 0 aromatic rings. The Hall–Kier alpha value is -1.04. The maximum atomic E-state index is 2.26. The Kier molecular flexibility index (Phi) is 3.75. The fraction of sp³-hybridized carbons (Fsp3) is 0.385. The summed E-state index contributed by atoms with van der Waals surface area (Å²) < 4.78 is 0. The number of hydrogen-bond acceptors (Lipinski definition) is 0. The number of allylic oxidation sites excluding steroid dienone is 8. The van der Waals surface area contributed by atoms with Gasteiger partial charge in [0.1, 0.15) is 0 Å². The first-order chi connectivity index (χ1) is 5.97. The van der Waals surface area contributed by atoms with Gasteiger partial charge in [0.25, 0.3) is 0 Å². The zero-order valence-corrected chi connectivity index (χ0v) is 7.29. The molecule has 0 unspecified atom stereocenters. The standard InChI is InChI=1S/C12H14.CH4/c1-3-7-11(8-4-1)12-9-5-2-6-10-12;/h1-3,5,7,9H,4,6,8,10H2;1H4. The second-order valence-electron chi connectivity index (χ2n) is 3.32. The van der Waals surface area contributed by atoms with Gasteiger partial charge < -0.3 is 0 Å². The molecule has 0 N–H and O–H groups in total. The zero-order chi connectivity index (χ0) is 8.23. The molecule has 0 saturated carbocycles. The van der Waals surface area contributed by atoms with E-state index < -0.39 is 0 Å². The van der Waals surface area contributed by atoms with Gasteiger partial charge in [0.15, 0.2) is 0 Å². The van der Waals surface area contributed by atoms with Crippen LogP contribution in [0.15, 0.2) is 47.6 Å². The van der Waals surface area contributed by atoms with Crippen LogP contribution in [0, 0.1) is 0 Å². The Morgan fingerprint density at radius 2 is 1.23 bits per heavy atom. The second kappa shape index (κ2) is 4.86. The molecule has 2 aliphatic carbocycles. The molecule has 0 aromatic heterocycles. The number of rotatable bonds is 1. The van der Waals surface area contributed by atoms with Crippen molar-refractivity contribution in [1.82, 2.24) is 0 Å². The van der Waals surface area contributed by atoms with Gasteiger partial charge in [-0.2, -0.15) is 0 Å². The first-order valence-corrected chi connectivity index (χ1v) is 4.68. The smallest absolute Gasteiger partial charge is 0.0241 e. The van der Waals surface area contributed by atoms with Crippen LogP contribution >= 0.6 is 0 Å². The zero-order valence-electron chi connectivity index (χ0n) is 7.29. The summed E-state index contributed by atoms with van der Waals surface area (Å²) in [6.45, 7) is 0. The monoisotopic (exact) mass is 174 g/mol. The van der Waals surface area contributed by atoms with Crippen LogP contribution in [0.3, 0.4) is 0 Å². The molecule has 0 bridgehead atoms. The van der Waals surface area contributed by atoms with Crippen molar-refractivity contribution in [2.24, 2.45) is 0 Å². The van der Waals surface area contributed by atoms with Crippen LogP contribution < -0.4 is 0 Å². The molecule has 13 heavy (non-hydrogen) atoms. The highest BCUT2D eigenvalue weighted by Crippen LogP contribution is 2.25. The minimum absolute atomic E-state index is 0. The molecule has 70 valence electrons. The third kappa shape index (κ3) is 2.45. The summed E-state index contributed by atoms with van der Waals surface area (Å²) in [6, 6.07) is 0. The van der Waals surface area contributed by atoms with Crippen molar-refractivity contribution in [3.8, 4) is 0 Å². The third-order valence-electron chi connectivity index (χ3n) is 2.44. The van der Waals surface area contributed by atoms with Crippen LogP contribution in [0.5, 0.6) is 0 Å². The lowest BCUT2D eigenvalue weighted by molar-refractivity contribution is 0.898. The second-order valence-corrected chi connectivity index (χ2v) is 3.32. The average Bonchev–Trinajstić information content (AvgIpc) is 2.21. The summed E-state index contributed by atoms with van der Waals surface area (Å²) >= 11 is 0. The van der Waals surface area contributed by atoms with Gasteiger partial charge in [0.2, 0.25) is 0 Å². The minimum atomic E-state index is 0. The predicted molar refractivity (Wildman–Crippen MR) is 59.6 cm³/mol. The highest BCUT2D eigenvalue weighted by molar-refractivity contribution is 5.39. The number of hydrogen-bond donors (Lipinski definition) is 0. The Morgan fingerprint density at radius 3 is 1.54 bits per heavy atom. The summed E-state index contributed by atoms with van der Waals surface area (Å²) in [6.07, 6.45) is 18.2. The van der Waals surface area contributed by atoms with Crippen LogP contribution in [-0.2, 0) is 0 Å². The molecule has 2 aliphatic rings. The third-order valence-corrected chi connectivity index (χ3v) is 2.44. The van der Waals surface area contributed by atoms with E-state index in [9.17, 15) is 0 Å². The van der Waals surface area contributed by atoms with Crippen LogP contribution in [0.2, 0.25) is 0 Å². The van der Waals surface area contributed by atoms with Crippen molar-refractivity contribution in [3.05, 3.63) is 47.6 Å². The molecular weight excluding hydrogens is 156 g/mol. The SMILES string of the molecule is C.C1=CCCC(C2=CC=CCC2)=C1. The van der Waals surface area contributed by atoms with Crippen molar-refractivity contribution in [1.29, 1.82) is 0 Å². The lowest BCUT2D eigenvalue weighted by Gasteiger charge is -2.14. The molecule has 0 aromatic carbocycles. The van der Waals surface area contributed by atoms with Gasteiger partial charge in [-0.3, -0.25) is 0 Å². The van der Waals surface area contributed by atoms with Crippen LogP contribution in [0.25, 0.3) is 0 Å². The summed E-state index contributed by atoms with van der Waals surface area (Å²) in [4.78, 5) is 0. The Bertz CT molecular complexity index is 244. The van der Waals surface area contributed by atoms with E-state index in [2.05, 4.69) is 36.5 Å². The van der Waals surface area contributed by atoms with Gasteiger partial charge in [-0.05, 0) is 36.8 Å². The minimum Gasteiger partial charge on any atom is -0.0842 e. The van der Waals surface area contributed by atoms with E-state index in [1.54, 1.807) is 11.1 Å². The molecule has 0 atom stereocenters. The average molecular weight is 174 g/mol. The summed E-state index contributed by atoms with van der Waals surface area (Å²) in [7, 11) is 0. The van der Waals surface area contributed by atoms with Crippen molar-refractivity contribution >= 4 is 0 Å². The Balaban J connectivity index is 0.000000845. The van der Waals surface area contributed by atoms with Crippen LogP contribution in [-0.4, -0.2) is 0 Å². The van der Waals surface area contributed by atoms with Crippen molar-refractivity contribution < 1.29 is 0 Å². The highest BCUT2D eigenvalue weighted by atomic mass is 14.1. The van der Waals surface area contributed by atoms with Crippen molar-refractivity contribution in [2.75, 3.05) is 0 Å². The molecule has 0 heterocycles. The van der Waals surface area contributed by atoms with Crippen molar-refractivity contribution in [2.45, 2.75) is 33.1 Å². The molecule has 0 nitrogen and oxygen atoms in total. The molecule has 0 saturated heterocycles. The van der Waals surface area contributed by atoms with Crippen LogP contribution in [0.4, 0.5) is 0 Å².